The second-order valence-electron chi connectivity index (χ2n) is 5.87. The Morgan fingerprint density at radius 3 is 2.43 bits per heavy atom. The summed E-state index contributed by atoms with van der Waals surface area (Å²) in [6, 6.07) is 6.70. The topological polar surface area (TPSA) is 96.9 Å². The number of carbonyl (C=O) groups excluding carboxylic acids is 1. The van der Waals surface area contributed by atoms with Gasteiger partial charge in [-0.05, 0) is 18.6 Å². The van der Waals surface area contributed by atoms with Crippen molar-refractivity contribution in [3.05, 3.63) is 35.4 Å². The van der Waals surface area contributed by atoms with Crippen molar-refractivity contribution in [1.82, 2.24) is 5.32 Å². The van der Waals surface area contributed by atoms with E-state index in [4.69, 9.17) is 15.7 Å². The van der Waals surface area contributed by atoms with Gasteiger partial charge in [0, 0.05) is 29.7 Å². The first-order valence-electron chi connectivity index (χ1n) is 6.81. The van der Waals surface area contributed by atoms with Gasteiger partial charge in [-0.2, -0.15) is 0 Å². The first-order chi connectivity index (χ1) is 9.90. The van der Waals surface area contributed by atoms with Crippen LogP contribution in [-0.2, 0) is 4.74 Å². The van der Waals surface area contributed by atoms with Crippen molar-refractivity contribution in [3.63, 3.8) is 0 Å². The smallest absolute Gasteiger partial charge is 0.251 e. The highest BCUT2D eigenvalue weighted by Gasteiger charge is 2.49. The van der Waals surface area contributed by atoms with E-state index in [-0.39, 0.29) is 29.3 Å². The number of amides is 1. The number of rotatable bonds is 4. The second kappa shape index (κ2) is 5.73. The van der Waals surface area contributed by atoms with Crippen LogP contribution >= 0.6 is 0 Å². The minimum atomic E-state index is -0.131. The molecule has 0 saturated heterocycles. The normalized spacial score (nSPS) is 24.2. The third-order valence-electron chi connectivity index (χ3n) is 4.32. The molecule has 0 radical (unpaired) electrons. The average molecular weight is 291 g/mol. The molecule has 1 aromatic carbocycles. The van der Waals surface area contributed by atoms with Gasteiger partial charge in [0.1, 0.15) is 0 Å². The number of methoxy groups -OCH3 is 1. The van der Waals surface area contributed by atoms with Crippen LogP contribution in [0.25, 0.3) is 0 Å². The van der Waals surface area contributed by atoms with Crippen molar-refractivity contribution in [2.24, 2.45) is 16.3 Å². The molecule has 0 heterocycles. The van der Waals surface area contributed by atoms with Crippen molar-refractivity contribution in [2.45, 2.75) is 32.4 Å². The number of hydrogen-bond donors (Lipinski definition) is 3. The van der Waals surface area contributed by atoms with E-state index in [1.165, 1.54) is 0 Å². The Hall–Kier alpha value is -2.08. The summed E-state index contributed by atoms with van der Waals surface area (Å²) in [5, 5.41) is 14.5. The molecule has 2 rings (SSSR count). The van der Waals surface area contributed by atoms with Gasteiger partial charge in [-0.3, -0.25) is 4.79 Å². The summed E-state index contributed by atoms with van der Waals surface area (Å²) in [5.74, 6) is -0.112. The number of benzene rings is 1. The fourth-order valence-electron chi connectivity index (χ4n) is 2.62. The van der Waals surface area contributed by atoms with Crippen LogP contribution < -0.4 is 11.1 Å². The molecule has 0 aliphatic heterocycles. The van der Waals surface area contributed by atoms with E-state index in [2.05, 4.69) is 24.3 Å². The van der Waals surface area contributed by atoms with Crippen LogP contribution in [0.15, 0.2) is 29.4 Å². The number of amidine groups is 1. The molecule has 1 saturated carbocycles. The first kappa shape index (κ1) is 15.3. The molecule has 1 aromatic rings. The summed E-state index contributed by atoms with van der Waals surface area (Å²) in [7, 11) is 1.69. The molecule has 2 unspecified atom stereocenters. The number of nitrogens with two attached hydrogens (primary N) is 1. The summed E-state index contributed by atoms with van der Waals surface area (Å²) in [6.07, 6.45) is 0.989. The highest BCUT2D eigenvalue weighted by atomic mass is 16.5. The summed E-state index contributed by atoms with van der Waals surface area (Å²) >= 11 is 0. The van der Waals surface area contributed by atoms with Gasteiger partial charge in [0.25, 0.3) is 5.91 Å². The van der Waals surface area contributed by atoms with Gasteiger partial charge in [0.15, 0.2) is 5.84 Å². The molecule has 0 bridgehead atoms. The lowest BCUT2D eigenvalue weighted by Crippen LogP contribution is -2.61. The monoisotopic (exact) mass is 291 g/mol. The molecule has 1 amide bonds. The summed E-state index contributed by atoms with van der Waals surface area (Å²) in [5.41, 5.74) is 6.52. The molecule has 0 spiro atoms. The van der Waals surface area contributed by atoms with E-state index in [1.807, 2.05) is 0 Å². The fourth-order valence-corrected chi connectivity index (χ4v) is 2.62. The Morgan fingerprint density at radius 1 is 1.38 bits per heavy atom. The lowest BCUT2D eigenvalue weighted by atomic mass is 9.64. The number of hydrogen-bond acceptors (Lipinski definition) is 4. The zero-order valence-corrected chi connectivity index (χ0v) is 12.5. The quantitative estimate of drug-likeness (QED) is 0.337. The molecule has 4 N–H and O–H groups in total. The summed E-state index contributed by atoms with van der Waals surface area (Å²) in [6.45, 7) is 4.16. The number of oxime groups is 1. The lowest BCUT2D eigenvalue weighted by molar-refractivity contribution is -0.0942. The van der Waals surface area contributed by atoms with Gasteiger partial charge in [0.05, 0.1) is 6.10 Å². The van der Waals surface area contributed by atoms with E-state index < -0.39 is 0 Å². The van der Waals surface area contributed by atoms with Gasteiger partial charge in [0.2, 0.25) is 0 Å². The number of ether oxygens (including phenoxy) is 1. The van der Waals surface area contributed by atoms with Crippen LogP contribution in [0.3, 0.4) is 0 Å². The third kappa shape index (κ3) is 2.85. The molecule has 1 aliphatic carbocycles. The van der Waals surface area contributed by atoms with E-state index in [0.29, 0.717) is 11.1 Å². The number of nitrogens with one attached hydrogen (secondary N) is 1. The largest absolute Gasteiger partial charge is 0.409 e. The molecule has 1 fully saturated rings. The molecule has 0 aromatic heterocycles. The van der Waals surface area contributed by atoms with E-state index >= 15 is 0 Å². The minimum Gasteiger partial charge on any atom is -0.409 e. The van der Waals surface area contributed by atoms with Crippen molar-refractivity contribution < 1.29 is 14.7 Å². The first-order valence-corrected chi connectivity index (χ1v) is 6.81. The van der Waals surface area contributed by atoms with Crippen LogP contribution in [0.4, 0.5) is 0 Å². The second-order valence-corrected chi connectivity index (χ2v) is 5.87. The highest BCUT2D eigenvalue weighted by Crippen LogP contribution is 2.42. The SMILES string of the molecule is COC1CC(NC(=O)c2ccc(/C(N)=N/O)cc2)C1(C)C. The van der Waals surface area contributed by atoms with Gasteiger partial charge in [-0.15, -0.1) is 0 Å². The number of nitrogens with zero attached hydrogens (tertiary/aromatic N) is 1. The van der Waals surface area contributed by atoms with E-state index in [0.717, 1.165) is 6.42 Å². The molecule has 114 valence electrons. The Labute approximate surface area is 124 Å². The molecule has 1 aliphatic rings. The predicted molar refractivity (Wildman–Crippen MR) is 79.4 cm³/mol. The van der Waals surface area contributed by atoms with Crippen LogP contribution in [0.1, 0.15) is 36.2 Å². The van der Waals surface area contributed by atoms with Crippen LogP contribution in [0, 0.1) is 5.41 Å². The van der Waals surface area contributed by atoms with Gasteiger partial charge < -0.3 is 21.0 Å². The lowest BCUT2D eigenvalue weighted by Gasteiger charge is -2.51. The number of carbonyl (C=O) groups is 1. The molecule has 6 heteroatoms. The maximum atomic E-state index is 12.2. The van der Waals surface area contributed by atoms with Crippen LogP contribution in [0.2, 0.25) is 0 Å². The van der Waals surface area contributed by atoms with Gasteiger partial charge in [-0.25, -0.2) is 0 Å². The Balaban J connectivity index is 2.02. The molecule has 21 heavy (non-hydrogen) atoms. The summed E-state index contributed by atoms with van der Waals surface area (Å²) < 4.78 is 5.37. The van der Waals surface area contributed by atoms with Crippen molar-refractivity contribution in [1.29, 1.82) is 0 Å². The highest BCUT2D eigenvalue weighted by molar-refractivity contribution is 5.99. The zero-order chi connectivity index (χ0) is 15.6. The molecule has 2 atom stereocenters. The maximum Gasteiger partial charge on any atom is 0.251 e. The van der Waals surface area contributed by atoms with Crippen molar-refractivity contribution in [3.8, 4) is 0 Å². The van der Waals surface area contributed by atoms with Crippen LogP contribution in [-0.4, -0.2) is 36.2 Å². The summed E-state index contributed by atoms with van der Waals surface area (Å²) in [4.78, 5) is 12.2. The van der Waals surface area contributed by atoms with Gasteiger partial charge >= 0.3 is 0 Å². The van der Waals surface area contributed by atoms with Crippen LogP contribution in [0.5, 0.6) is 0 Å². The minimum absolute atomic E-state index is 0.0185. The average Bonchev–Trinajstić information content (AvgIpc) is 2.50. The van der Waals surface area contributed by atoms with Crippen molar-refractivity contribution >= 4 is 11.7 Å². The van der Waals surface area contributed by atoms with Gasteiger partial charge in [-0.1, -0.05) is 31.1 Å². The Morgan fingerprint density at radius 2 is 1.95 bits per heavy atom. The third-order valence-corrected chi connectivity index (χ3v) is 4.32. The zero-order valence-electron chi connectivity index (χ0n) is 12.5. The van der Waals surface area contributed by atoms with E-state index in [9.17, 15) is 4.79 Å². The Kier molecular flexibility index (Phi) is 4.18. The molecule has 6 nitrogen and oxygen atoms in total. The standard InChI is InChI=1S/C15H21N3O3/c1-15(2)11(8-12(15)21-3)17-14(19)10-6-4-9(5-7-10)13(16)18-20/h4-7,11-12,20H,8H2,1-3H3,(H2,16,18)(H,17,19). The molecular weight excluding hydrogens is 270 g/mol. The van der Waals surface area contributed by atoms with E-state index in [1.54, 1.807) is 31.4 Å². The Bertz CT molecular complexity index is 552. The maximum absolute atomic E-state index is 12.2. The van der Waals surface area contributed by atoms with Crippen molar-refractivity contribution in [2.75, 3.05) is 7.11 Å². The predicted octanol–water partition coefficient (Wildman–Crippen LogP) is 1.32. The fraction of sp³-hybridized carbons (Fsp3) is 0.467. The molecular formula is C15H21N3O3.